The first kappa shape index (κ1) is 12.9. The molecule has 0 saturated carbocycles. The van der Waals surface area contributed by atoms with Crippen LogP contribution < -0.4 is 5.73 Å². The molecular formula is C17H19N3. The predicted molar refractivity (Wildman–Crippen MR) is 82.7 cm³/mol. The van der Waals surface area contributed by atoms with E-state index in [0.717, 1.165) is 23.3 Å². The topological polar surface area (TPSA) is 43.8 Å². The lowest BCUT2D eigenvalue weighted by Gasteiger charge is -2.14. The fraction of sp³-hybridized carbons (Fsp3) is 0.235. The molecule has 1 aromatic heterocycles. The molecule has 0 saturated heterocycles. The van der Waals surface area contributed by atoms with Gasteiger partial charge in [-0.1, -0.05) is 42.5 Å². The van der Waals surface area contributed by atoms with Gasteiger partial charge in [0.25, 0.3) is 0 Å². The molecule has 2 aromatic carbocycles. The van der Waals surface area contributed by atoms with Crippen molar-refractivity contribution >= 4 is 11.0 Å². The molecule has 1 unspecified atom stereocenters. The van der Waals surface area contributed by atoms with E-state index in [1.807, 2.05) is 18.2 Å². The summed E-state index contributed by atoms with van der Waals surface area (Å²) in [5.74, 6) is 1.31. The van der Waals surface area contributed by atoms with Gasteiger partial charge in [0, 0.05) is 19.5 Å². The van der Waals surface area contributed by atoms with E-state index in [-0.39, 0.29) is 5.92 Å². The van der Waals surface area contributed by atoms with E-state index >= 15 is 0 Å². The van der Waals surface area contributed by atoms with E-state index < -0.39 is 0 Å². The molecule has 2 N–H and O–H groups in total. The van der Waals surface area contributed by atoms with Gasteiger partial charge in [-0.25, -0.2) is 4.98 Å². The minimum atomic E-state index is 0.245. The van der Waals surface area contributed by atoms with Crippen LogP contribution in [0.5, 0.6) is 0 Å². The van der Waals surface area contributed by atoms with Crippen LogP contribution in [-0.2, 0) is 13.5 Å². The van der Waals surface area contributed by atoms with Crippen LogP contribution in [-0.4, -0.2) is 16.1 Å². The Morgan fingerprint density at radius 2 is 1.75 bits per heavy atom. The number of aromatic nitrogens is 2. The summed E-state index contributed by atoms with van der Waals surface area (Å²) in [6.45, 7) is 0.603. The highest BCUT2D eigenvalue weighted by atomic mass is 15.1. The zero-order chi connectivity index (χ0) is 13.9. The highest BCUT2D eigenvalue weighted by Crippen LogP contribution is 2.23. The summed E-state index contributed by atoms with van der Waals surface area (Å²) in [4.78, 5) is 4.76. The van der Waals surface area contributed by atoms with Crippen LogP contribution in [0.1, 0.15) is 17.3 Å². The third kappa shape index (κ3) is 2.32. The Balaban J connectivity index is 1.97. The van der Waals surface area contributed by atoms with E-state index in [1.165, 1.54) is 5.56 Å². The van der Waals surface area contributed by atoms with E-state index in [0.29, 0.717) is 6.54 Å². The molecule has 1 heterocycles. The molecule has 0 radical (unpaired) electrons. The average Bonchev–Trinajstić information content (AvgIpc) is 2.83. The lowest BCUT2D eigenvalue weighted by atomic mass is 9.98. The van der Waals surface area contributed by atoms with Gasteiger partial charge in [0.05, 0.1) is 11.0 Å². The first-order valence-corrected chi connectivity index (χ1v) is 6.95. The Kier molecular flexibility index (Phi) is 3.52. The Hall–Kier alpha value is -2.13. The second kappa shape index (κ2) is 5.47. The lowest BCUT2D eigenvalue weighted by molar-refractivity contribution is 0.623. The fourth-order valence-corrected chi connectivity index (χ4v) is 2.71. The molecule has 0 fully saturated rings. The summed E-state index contributed by atoms with van der Waals surface area (Å²) in [5, 5.41) is 0. The number of benzene rings is 2. The number of hydrogen-bond donors (Lipinski definition) is 1. The maximum Gasteiger partial charge on any atom is 0.114 e. The number of nitrogens with zero attached hydrogens (tertiary/aromatic N) is 2. The van der Waals surface area contributed by atoms with Gasteiger partial charge in [-0.05, 0) is 24.1 Å². The molecule has 20 heavy (non-hydrogen) atoms. The number of nitrogens with two attached hydrogens (primary N) is 1. The van der Waals surface area contributed by atoms with Gasteiger partial charge in [-0.15, -0.1) is 0 Å². The molecule has 102 valence electrons. The Morgan fingerprint density at radius 3 is 2.45 bits per heavy atom. The second-order valence-corrected chi connectivity index (χ2v) is 5.14. The van der Waals surface area contributed by atoms with Crippen LogP contribution >= 0.6 is 0 Å². The van der Waals surface area contributed by atoms with Crippen LogP contribution in [0, 0.1) is 0 Å². The number of fused-ring (bicyclic) bond motifs is 1. The third-order valence-corrected chi connectivity index (χ3v) is 3.80. The quantitative estimate of drug-likeness (QED) is 0.788. The van der Waals surface area contributed by atoms with E-state index in [9.17, 15) is 0 Å². The van der Waals surface area contributed by atoms with Crippen molar-refractivity contribution in [3.05, 3.63) is 66.0 Å². The van der Waals surface area contributed by atoms with Crippen LogP contribution in [0.15, 0.2) is 54.6 Å². The fourth-order valence-electron chi connectivity index (χ4n) is 2.71. The standard InChI is InChI=1S/C17H19N3/c1-20-16-10-6-5-9-15(16)19-17(20)14(12-18)11-13-7-3-2-4-8-13/h2-10,14H,11-12,18H2,1H3. The van der Waals surface area contributed by atoms with Gasteiger partial charge in [0.2, 0.25) is 0 Å². The zero-order valence-corrected chi connectivity index (χ0v) is 11.7. The summed E-state index contributed by atoms with van der Waals surface area (Å²) < 4.78 is 2.16. The van der Waals surface area contributed by atoms with Gasteiger partial charge in [-0.2, -0.15) is 0 Å². The van der Waals surface area contributed by atoms with Crippen molar-refractivity contribution in [3.63, 3.8) is 0 Å². The normalized spacial score (nSPS) is 12.7. The Morgan fingerprint density at radius 1 is 1.05 bits per heavy atom. The zero-order valence-electron chi connectivity index (χ0n) is 11.7. The van der Waals surface area contributed by atoms with Gasteiger partial charge < -0.3 is 10.3 Å². The van der Waals surface area contributed by atoms with Gasteiger partial charge >= 0.3 is 0 Å². The molecule has 3 rings (SSSR count). The molecular weight excluding hydrogens is 246 g/mol. The van der Waals surface area contributed by atoms with Crippen molar-refractivity contribution in [1.82, 2.24) is 9.55 Å². The van der Waals surface area contributed by atoms with Crippen molar-refractivity contribution in [3.8, 4) is 0 Å². The molecule has 0 spiro atoms. The average molecular weight is 265 g/mol. The summed E-state index contributed by atoms with van der Waals surface area (Å²) in [6.07, 6.45) is 0.925. The highest BCUT2D eigenvalue weighted by molar-refractivity contribution is 5.75. The number of hydrogen-bond acceptors (Lipinski definition) is 2. The molecule has 3 aromatic rings. The molecule has 1 atom stereocenters. The van der Waals surface area contributed by atoms with Crippen LogP contribution in [0.2, 0.25) is 0 Å². The monoisotopic (exact) mass is 265 g/mol. The number of imidazole rings is 1. The van der Waals surface area contributed by atoms with E-state index in [4.69, 9.17) is 10.7 Å². The maximum absolute atomic E-state index is 5.99. The summed E-state index contributed by atoms with van der Waals surface area (Å²) in [6, 6.07) is 18.7. The van der Waals surface area contributed by atoms with Crippen LogP contribution in [0.25, 0.3) is 11.0 Å². The SMILES string of the molecule is Cn1c(C(CN)Cc2ccccc2)nc2ccccc21. The van der Waals surface area contributed by atoms with Crippen molar-refractivity contribution in [2.24, 2.45) is 12.8 Å². The lowest BCUT2D eigenvalue weighted by Crippen LogP contribution is -2.18. The third-order valence-electron chi connectivity index (χ3n) is 3.80. The number of rotatable bonds is 4. The Labute approximate surface area is 119 Å². The van der Waals surface area contributed by atoms with Crippen molar-refractivity contribution in [1.29, 1.82) is 0 Å². The van der Waals surface area contributed by atoms with Gasteiger partial charge in [-0.3, -0.25) is 0 Å². The molecule has 0 aliphatic carbocycles. The van der Waals surface area contributed by atoms with Crippen molar-refractivity contribution < 1.29 is 0 Å². The number of aryl methyl sites for hydroxylation is 1. The van der Waals surface area contributed by atoms with E-state index in [2.05, 4.69) is 48.0 Å². The first-order chi connectivity index (χ1) is 9.79. The minimum Gasteiger partial charge on any atom is -0.331 e. The summed E-state index contributed by atoms with van der Waals surface area (Å²) in [5.41, 5.74) is 9.49. The predicted octanol–water partition coefficient (Wildman–Crippen LogP) is 2.86. The van der Waals surface area contributed by atoms with Gasteiger partial charge in [0.15, 0.2) is 0 Å². The largest absolute Gasteiger partial charge is 0.331 e. The Bertz CT molecular complexity index is 701. The second-order valence-electron chi connectivity index (χ2n) is 5.14. The van der Waals surface area contributed by atoms with Crippen molar-refractivity contribution in [2.75, 3.05) is 6.54 Å². The van der Waals surface area contributed by atoms with Crippen molar-refractivity contribution in [2.45, 2.75) is 12.3 Å². The van der Waals surface area contributed by atoms with Crippen LogP contribution in [0.4, 0.5) is 0 Å². The smallest absolute Gasteiger partial charge is 0.114 e. The molecule has 3 heteroatoms. The number of para-hydroxylation sites is 2. The summed E-state index contributed by atoms with van der Waals surface area (Å²) in [7, 11) is 2.07. The highest BCUT2D eigenvalue weighted by Gasteiger charge is 2.17. The minimum absolute atomic E-state index is 0.245. The first-order valence-electron chi connectivity index (χ1n) is 6.95. The van der Waals surface area contributed by atoms with Gasteiger partial charge in [0.1, 0.15) is 5.82 Å². The van der Waals surface area contributed by atoms with Crippen LogP contribution in [0.3, 0.4) is 0 Å². The van der Waals surface area contributed by atoms with E-state index in [1.54, 1.807) is 0 Å². The molecule has 0 aliphatic heterocycles. The molecule has 0 aliphatic rings. The molecule has 3 nitrogen and oxygen atoms in total. The maximum atomic E-state index is 5.99. The molecule has 0 amide bonds. The summed E-state index contributed by atoms with van der Waals surface area (Å²) >= 11 is 0. The molecule has 0 bridgehead atoms.